The summed E-state index contributed by atoms with van der Waals surface area (Å²) in [7, 11) is 0. The Kier molecular flexibility index (Phi) is 5.35. The summed E-state index contributed by atoms with van der Waals surface area (Å²) in [5, 5.41) is 12.3. The third kappa shape index (κ3) is 4.17. The summed E-state index contributed by atoms with van der Waals surface area (Å²) < 4.78 is 38.7. The van der Waals surface area contributed by atoms with Gasteiger partial charge in [0.15, 0.2) is 5.17 Å². The van der Waals surface area contributed by atoms with Crippen molar-refractivity contribution in [1.82, 2.24) is 0 Å². The van der Waals surface area contributed by atoms with Crippen LogP contribution in [0.1, 0.15) is 37.3 Å². The molecule has 118 valence electrons. The fourth-order valence-corrected chi connectivity index (χ4v) is 3.15. The second-order valence-electron chi connectivity index (χ2n) is 5.04. The van der Waals surface area contributed by atoms with Gasteiger partial charge in [-0.15, -0.1) is 0 Å². The van der Waals surface area contributed by atoms with Crippen LogP contribution in [0.15, 0.2) is 23.2 Å². The Hall–Kier alpha value is -1.68. The van der Waals surface area contributed by atoms with Gasteiger partial charge in [-0.2, -0.15) is 18.4 Å². The molecule has 1 heterocycles. The number of hydrogen-bond acceptors (Lipinski definition) is 4. The molecule has 0 saturated heterocycles. The number of unbranched alkanes of at least 4 members (excludes halogenated alkanes) is 1. The molecule has 1 aromatic carbocycles. The first-order valence-corrected chi connectivity index (χ1v) is 8.01. The molecule has 22 heavy (non-hydrogen) atoms. The minimum Gasteiger partial charge on any atom is -0.335 e. The number of nitrogens with zero attached hydrogens (tertiary/aromatic N) is 2. The minimum atomic E-state index is -4.54. The number of aliphatic imine (C=N–C) groups is 1. The fourth-order valence-electron chi connectivity index (χ4n) is 2.15. The van der Waals surface area contributed by atoms with Crippen LogP contribution in [-0.2, 0) is 6.18 Å². The molecule has 0 radical (unpaired) electrons. The molecule has 1 atom stereocenters. The molecule has 0 aromatic heterocycles. The largest absolute Gasteiger partial charge is 0.417 e. The Morgan fingerprint density at radius 1 is 1.45 bits per heavy atom. The summed E-state index contributed by atoms with van der Waals surface area (Å²) in [6.07, 6.45) is -1.35. The first-order chi connectivity index (χ1) is 10.4. The number of hydrogen-bond donors (Lipinski definition) is 1. The van der Waals surface area contributed by atoms with Crippen molar-refractivity contribution >= 4 is 22.6 Å². The average Bonchev–Trinajstić information content (AvgIpc) is 2.91. The molecule has 0 saturated carbocycles. The van der Waals surface area contributed by atoms with Crippen molar-refractivity contribution in [2.45, 2.75) is 38.4 Å². The second-order valence-corrected chi connectivity index (χ2v) is 6.04. The number of anilines is 1. The number of alkyl halides is 3. The van der Waals surface area contributed by atoms with E-state index in [4.69, 9.17) is 5.26 Å². The monoisotopic (exact) mass is 327 g/mol. The van der Waals surface area contributed by atoms with Crippen LogP contribution in [0.3, 0.4) is 0 Å². The summed E-state index contributed by atoms with van der Waals surface area (Å²) in [6.45, 7) is 2.11. The van der Waals surface area contributed by atoms with Crippen molar-refractivity contribution in [2.75, 3.05) is 11.1 Å². The van der Waals surface area contributed by atoms with E-state index in [0.29, 0.717) is 10.9 Å². The maximum absolute atomic E-state index is 12.9. The maximum atomic E-state index is 12.9. The van der Waals surface area contributed by atoms with Gasteiger partial charge in [0.1, 0.15) is 0 Å². The highest BCUT2D eigenvalue weighted by atomic mass is 32.2. The van der Waals surface area contributed by atoms with Gasteiger partial charge in [0.25, 0.3) is 0 Å². The molecule has 0 aliphatic carbocycles. The van der Waals surface area contributed by atoms with Crippen LogP contribution in [0.25, 0.3) is 0 Å². The zero-order valence-corrected chi connectivity index (χ0v) is 12.9. The molecule has 0 amide bonds. The summed E-state index contributed by atoms with van der Waals surface area (Å²) >= 11 is 1.51. The highest BCUT2D eigenvalue weighted by molar-refractivity contribution is 8.14. The molecule has 0 unspecified atom stereocenters. The zero-order chi connectivity index (χ0) is 16.2. The van der Waals surface area contributed by atoms with Crippen molar-refractivity contribution in [3.63, 3.8) is 0 Å². The van der Waals surface area contributed by atoms with E-state index in [1.54, 1.807) is 6.07 Å². The van der Waals surface area contributed by atoms with Crippen molar-refractivity contribution in [2.24, 2.45) is 4.99 Å². The highest BCUT2D eigenvalue weighted by Gasteiger charge is 2.34. The number of thioether (sulfide) groups is 1. The van der Waals surface area contributed by atoms with Gasteiger partial charge in [-0.05, 0) is 24.6 Å². The lowest BCUT2D eigenvalue weighted by atomic mass is 10.1. The minimum absolute atomic E-state index is 0.230. The molecule has 0 spiro atoms. The smallest absolute Gasteiger partial charge is 0.335 e. The summed E-state index contributed by atoms with van der Waals surface area (Å²) in [4.78, 5) is 4.48. The molecule has 7 heteroatoms. The van der Waals surface area contributed by atoms with Crippen LogP contribution in [-0.4, -0.2) is 17.0 Å². The Labute approximate surface area is 131 Å². The summed E-state index contributed by atoms with van der Waals surface area (Å²) in [6, 6.07) is 5.41. The predicted octanol–water partition coefficient (Wildman–Crippen LogP) is 4.65. The van der Waals surface area contributed by atoms with Gasteiger partial charge in [-0.1, -0.05) is 31.5 Å². The molecular formula is C15H16F3N3S. The molecule has 1 aromatic rings. The van der Waals surface area contributed by atoms with E-state index in [2.05, 4.69) is 17.2 Å². The summed E-state index contributed by atoms with van der Waals surface area (Å²) in [5.74, 6) is 0.852. The molecule has 2 rings (SSSR count). The fraction of sp³-hybridized carbons (Fsp3) is 0.467. The van der Waals surface area contributed by atoms with E-state index in [0.717, 1.165) is 31.1 Å². The molecule has 0 fully saturated rings. The van der Waals surface area contributed by atoms with E-state index in [1.165, 1.54) is 23.9 Å². The Balaban J connectivity index is 2.13. The van der Waals surface area contributed by atoms with Gasteiger partial charge in [-0.3, -0.25) is 4.99 Å². The van der Waals surface area contributed by atoms with Crippen LogP contribution in [0, 0.1) is 11.3 Å². The van der Waals surface area contributed by atoms with E-state index in [-0.39, 0.29) is 11.6 Å². The van der Waals surface area contributed by atoms with Crippen LogP contribution >= 0.6 is 11.8 Å². The maximum Gasteiger partial charge on any atom is 0.417 e. The van der Waals surface area contributed by atoms with E-state index in [9.17, 15) is 13.2 Å². The van der Waals surface area contributed by atoms with Gasteiger partial charge in [-0.25, -0.2) is 0 Å². The van der Waals surface area contributed by atoms with E-state index in [1.807, 2.05) is 0 Å². The number of rotatable bonds is 4. The van der Waals surface area contributed by atoms with Crippen molar-refractivity contribution in [1.29, 1.82) is 5.26 Å². The van der Waals surface area contributed by atoms with E-state index < -0.39 is 11.7 Å². The normalized spacial score (nSPS) is 18.0. The van der Waals surface area contributed by atoms with Gasteiger partial charge < -0.3 is 5.32 Å². The molecule has 1 aliphatic rings. The topological polar surface area (TPSA) is 48.2 Å². The number of nitrogens with one attached hydrogen (secondary N) is 1. The zero-order valence-electron chi connectivity index (χ0n) is 12.1. The molecule has 0 bridgehead atoms. The molecule has 3 nitrogen and oxygen atoms in total. The van der Waals surface area contributed by atoms with Gasteiger partial charge in [0.05, 0.1) is 23.2 Å². The van der Waals surface area contributed by atoms with E-state index >= 15 is 0 Å². The van der Waals surface area contributed by atoms with Crippen molar-refractivity contribution in [3.05, 3.63) is 29.3 Å². The standard InChI is InChI=1S/C15H16F3N3S/c1-2-3-4-12-9-22-14(21-12)20-11-6-5-10(8-19)13(7-11)15(16,17)18/h5-7,12H,2-4,9H2,1H3,(H,20,21)/t12-/m0/s1. The number of halogens is 3. The molecular weight excluding hydrogens is 311 g/mol. The van der Waals surface area contributed by atoms with Crippen molar-refractivity contribution < 1.29 is 13.2 Å². The third-order valence-corrected chi connectivity index (χ3v) is 4.33. The Morgan fingerprint density at radius 2 is 2.23 bits per heavy atom. The third-order valence-electron chi connectivity index (χ3n) is 3.30. The Morgan fingerprint density at radius 3 is 2.86 bits per heavy atom. The highest BCUT2D eigenvalue weighted by Crippen LogP contribution is 2.34. The lowest BCUT2D eigenvalue weighted by Crippen LogP contribution is -2.11. The molecule has 1 aliphatic heterocycles. The van der Waals surface area contributed by atoms with Gasteiger partial charge in [0, 0.05) is 11.4 Å². The number of benzene rings is 1. The lowest BCUT2D eigenvalue weighted by Gasteiger charge is -2.11. The first kappa shape index (κ1) is 16.7. The van der Waals surface area contributed by atoms with Crippen LogP contribution in [0.5, 0.6) is 0 Å². The number of amidine groups is 1. The SMILES string of the molecule is CCCC[C@H]1CSC(Nc2ccc(C#N)c(C(F)(F)F)c2)=N1. The molecule has 1 N–H and O–H groups in total. The van der Waals surface area contributed by atoms with Crippen LogP contribution in [0.4, 0.5) is 18.9 Å². The lowest BCUT2D eigenvalue weighted by molar-refractivity contribution is -0.137. The van der Waals surface area contributed by atoms with Crippen molar-refractivity contribution in [3.8, 4) is 6.07 Å². The summed E-state index contributed by atoms with van der Waals surface area (Å²) in [5.41, 5.74) is -1.00. The quantitative estimate of drug-likeness (QED) is 0.875. The predicted molar refractivity (Wildman–Crippen MR) is 83.0 cm³/mol. The van der Waals surface area contributed by atoms with Crippen LogP contribution < -0.4 is 5.32 Å². The Bertz CT molecular complexity index is 605. The number of nitriles is 1. The second kappa shape index (κ2) is 7.05. The van der Waals surface area contributed by atoms with Crippen LogP contribution in [0.2, 0.25) is 0 Å². The van der Waals surface area contributed by atoms with Gasteiger partial charge >= 0.3 is 6.18 Å². The average molecular weight is 327 g/mol. The van der Waals surface area contributed by atoms with Gasteiger partial charge in [0.2, 0.25) is 0 Å². The first-order valence-electron chi connectivity index (χ1n) is 7.03.